The normalized spacial score (nSPS) is 23.4. The number of carbonyl (C=O) groups is 2. The molecule has 3 aromatic carbocycles. The molecule has 2 fully saturated rings. The van der Waals surface area contributed by atoms with Gasteiger partial charge >= 0.3 is 7.12 Å². The van der Waals surface area contributed by atoms with Crippen LogP contribution in [0.2, 0.25) is 6.32 Å². The van der Waals surface area contributed by atoms with Gasteiger partial charge in [0.2, 0.25) is 11.8 Å². The Hall–Kier alpha value is -4.18. The van der Waals surface area contributed by atoms with Crippen molar-refractivity contribution in [2.75, 3.05) is 16.8 Å². The van der Waals surface area contributed by atoms with E-state index in [2.05, 4.69) is 11.4 Å². The number of aliphatic hydroxyl groups is 1. The number of aromatic hydroxyl groups is 1. The van der Waals surface area contributed by atoms with Crippen LogP contribution in [0, 0.1) is 31.6 Å². The molecule has 232 valence electrons. The Balaban J connectivity index is 1.21. The summed E-state index contributed by atoms with van der Waals surface area (Å²) in [6, 6.07) is 20.9. The largest absolute Gasteiger partial charge is 0.507 e. The predicted molar refractivity (Wildman–Crippen MR) is 176 cm³/mol. The molecule has 4 N–H and O–H groups in total. The van der Waals surface area contributed by atoms with E-state index in [-0.39, 0.29) is 24.7 Å². The molecule has 2 heterocycles. The SMILES string of the molecule is C/C(=C\c1cc(C)c(O)c(C)c1)CC[C@H]1OB(O)C[C@H]2C1=C(CO)C[C@H]1C(=O)N(c3ccc(Nc4ccccc4)cc3)C(=O)[C@H]12. The number of anilines is 3. The van der Waals surface area contributed by atoms with Crippen LogP contribution in [0.3, 0.4) is 0 Å². The Morgan fingerprint density at radius 3 is 2.33 bits per heavy atom. The van der Waals surface area contributed by atoms with E-state index < -0.39 is 31.0 Å². The molecule has 4 atom stereocenters. The van der Waals surface area contributed by atoms with Crippen LogP contribution in [0.25, 0.3) is 6.08 Å². The van der Waals surface area contributed by atoms with Crippen LogP contribution < -0.4 is 10.2 Å². The lowest BCUT2D eigenvalue weighted by Crippen LogP contribution is -2.46. The molecule has 2 saturated heterocycles. The van der Waals surface area contributed by atoms with Gasteiger partial charge in [-0.15, -0.1) is 0 Å². The quantitative estimate of drug-likeness (QED) is 0.143. The summed E-state index contributed by atoms with van der Waals surface area (Å²) in [6.07, 6.45) is 3.31. The summed E-state index contributed by atoms with van der Waals surface area (Å²) in [7, 11) is -1.07. The molecule has 3 aromatic rings. The zero-order valence-corrected chi connectivity index (χ0v) is 25.9. The van der Waals surface area contributed by atoms with Gasteiger partial charge in [-0.05, 0) is 129 Å². The van der Waals surface area contributed by atoms with E-state index in [0.29, 0.717) is 30.7 Å². The van der Waals surface area contributed by atoms with Crippen molar-refractivity contribution in [1.82, 2.24) is 0 Å². The summed E-state index contributed by atoms with van der Waals surface area (Å²) in [5, 5.41) is 34.7. The van der Waals surface area contributed by atoms with E-state index in [0.717, 1.165) is 44.8 Å². The van der Waals surface area contributed by atoms with Crippen LogP contribution in [-0.4, -0.2) is 46.9 Å². The first-order valence-corrected chi connectivity index (χ1v) is 15.6. The number of hydrogen-bond donors (Lipinski definition) is 4. The Morgan fingerprint density at radius 1 is 1.00 bits per heavy atom. The second kappa shape index (κ2) is 12.7. The van der Waals surface area contributed by atoms with Gasteiger partial charge in [0.15, 0.2) is 0 Å². The summed E-state index contributed by atoms with van der Waals surface area (Å²) < 4.78 is 6.04. The lowest BCUT2D eigenvalue weighted by atomic mass is 9.58. The topological polar surface area (TPSA) is 119 Å². The molecule has 0 bridgehead atoms. The smallest absolute Gasteiger partial charge is 0.455 e. The summed E-state index contributed by atoms with van der Waals surface area (Å²) in [5.74, 6) is -1.85. The van der Waals surface area contributed by atoms with Crippen molar-refractivity contribution in [3.05, 3.63) is 100 Å². The average Bonchev–Trinajstić information content (AvgIpc) is 3.28. The third-order valence-corrected chi connectivity index (χ3v) is 9.41. The number of nitrogens with zero attached hydrogens (tertiary/aromatic N) is 1. The molecule has 0 spiro atoms. The number of phenolic OH excluding ortho intramolecular Hbond substituents is 1. The first kappa shape index (κ1) is 30.8. The number of amides is 2. The number of para-hydroxylation sites is 1. The van der Waals surface area contributed by atoms with Gasteiger partial charge in [0.05, 0.1) is 30.2 Å². The molecule has 6 rings (SSSR count). The zero-order chi connectivity index (χ0) is 31.8. The number of nitrogens with one attached hydrogen (secondary N) is 1. The fourth-order valence-corrected chi connectivity index (χ4v) is 7.33. The number of fused-ring (bicyclic) bond motifs is 3. The Labute approximate surface area is 264 Å². The number of aryl methyl sites for hydroxylation is 2. The molecule has 2 aliphatic heterocycles. The van der Waals surface area contributed by atoms with Crippen molar-refractivity contribution >= 4 is 42.1 Å². The number of phenols is 1. The van der Waals surface area contributed by atoms with Crippen molar-refractivity contribution < 1.29 is 29.5 Å². The van der Waals surface area contributed by atoms with E-state index in [4.69, 9.17) is 4.65 Å². The molecule has 0 aromatic heterocycles. The molecule has 0 unspecified atom stereocenters. The fraction of sp³-hybridized carbons (Fsp3) is 0.333. The van der Waals surface area contributed by atoms with E-state index in [1.807, 2.05) is 75.4 Å². The molecule has 2 amide bonds. The monoisotopic (exact) mass is 606 g/mol. The summed E-state index contributed by atoms with van der Waals surface area (Å²) >= 11 is 0. The minimum absolute atomic E-state index is 0.199. The standard InChI is InChI=1S/C36H39BN2O6/c1-21(15-24-16-22(2)34(41)23(3)17-24)9-14-31-32-25(20-40)18-29-33(30(32)19-37(44)45-31)36(43)39(35(29)42)28-12-10-27(11-13-28)38-26-7-5-4-6-8-26/h4-8,10-13,15-17,29-31,33,38,40-41,44H,9,14,18-20H2,1-3H3/b21-15+/t29-,30+,31-,33-/m1/s1. The second-order valence-electron chi connectivity index (χ2n) is 12.6. The number of imide groups is 1. The molecule has 8 nitrogen and oxygen atoms in total. The van der Waals surface area contributed by atoms with Gasteiger partial charge in [0.25, 0.3) is 0 Å². The van der Waals surface area contributed by atoms with Crippen LogP contribution in [0.4, 0.5) is 17.1 Å². The minimum Gasteiger partial charge on any atom is -0.507 e. The van der Waals surface area contributed by atoms with E-state index >= 15 is 0 Å². The van der Waals surface area contributed by atoms with Crippen LogP contribution in [0.5, 0.6) is 5.75 Å². The van der Waals surface area contributed by atoms with Crippen LogP contribution in [0.1, 0.15) is 42.9 Å². The van der Waals surface area contributed by atoms with Gasteiger partial charge in [0.1, 0.15) is 5.75 Å². The predicted octanol–water partition coefficient (Wildman–Crippen LogP) is 5.93. The Bertz CT molecular complexity index is 1650. The Morgan fingerprint density at radius 2 is 1.67 bits per heavy atom. The molecule has 0 radical (unpaired) electrons. The summed E-state index contributed by atoms with van der Waals surface area (Å²) in [6.45, 7) is 5.55. The van der Waals surface area contributed by atoms with Gasteiger partial charge in [-0.1, -0.05) is 29.8 Å². The molecule has 1 aliphatic carbocycles. The third kappa shape index (κ3) is 6.08. The zero-order valence-electron chi connectivity index (χ0n) is 25.9. The fourth-order valence-electron chi connectivity index (χ4n) is 7.33. The van der Waals surface area contributed by atoms with Gasteiger partial charge in [-0.25, -0.2) is 0 Å². The highest BCUT2D eigenvalue weighted by atomic mass is 16.5. The molecule has 45 heavy (non-hydrogen) atoms. The third-order valence-electron chi connectivity index (χ3n) is 9.41. The van der Waals surface area contributed by atoms with E-state index in [1.54, 1.807) is 12.1 Å². The number of benzene rings is 3. The van der Waals surface area contributed by atoms with E-state index in [9.17, 15) is 24.8 Å². The average molecular weight is 607 g/mol. The van der Waals surface area contributed by atoms with Crippen LogP contribution in [0.15, 0.2) is 83.4 Å². The lowest BCUT2D eigenvalue weighted by Gasteiger charge is -2.42. The molecule has 0 saturated carbocycles. The van der Waals surface area contributed by atoms with Gasteiger partial charge in [-0.2, -0.15) is 0 Å². The summed E-state index contributed by atoms with van der Waals surface area (Å²) in [5.41, 5.74) is 7.60. The van der Waals surface area contributed by atoms with Crippen molar-refractivity contribution in [3.8, 4) is 5.75 Å². The van der Waals surface area contributed by atoms with Crippen molar-refractivity contribution in [2.24, 2.45) is 17.8 Å². The maximum Gasteiger partial charge on any atom is 0.455 e. The molecular weight excluding hydrogens is 567 g/mol. The van der Waals surface area contributed by atoms with E-state index in [1.165, 1.54) is 4.90 Å². The van der Waals surface area contributed by atoms with Gasteiger partial charge < -0.3 is 25.2 Å². The van der Waals surface area contributed by atoms with Gasteiger partial charge in [-0.3, -0.25) is 14.5 Å². The van der Waals surface area contributed by atoms with Crippen LogP contribution >= 0.6 is 0 Å². The van der Waals surface area contributed by atoms with Crippen LogP contribution in [-0.2, 0) is 14.2 Å². The van der Waals surface area contributed by atoms with Crippen molar-refractivity contribution in [1.29, 1.82) is 0 Å². The highest BCUT2D eigenvalue weighted by Gasteiger charge is 2.57. The number of hydrogen-bond acceptors (Lipinski definition) is 7. The molecule has 9 heteroatoms. The maximum atomic E-state index is 14.0. The Kier molecular flexibility index (Phi) is 8.68. The highest BCUT2D eigenvalue weighted by Crippen LogP contribution is 2.51. The first-order chi connectivity index (χ1) is 21.6. The number of carbonyl (C=O) groups excluding carboxylic acids is 2. The lowest BCUT2D eigenvalue weighted by molar-refractivity contribution is -0.122. The molecular formula is C36H39BN2O6. The first-order valence-electron chi connectivity index (χ1n) is 15.6. The summed E-state index contributed by atoms with van der Waals surface area (Å²) in [4.78, 5) is 29.0. The van der Waals surface area contributed by atoms with Crippen molar-refractivity contribution in [3.63, 3.8) is 0 Å². The second-order valence-corrected chi connectivity index (χ2v) is 12.6. The minimum atomic E-state index is -1.07. The number of aliphatic hydroxyl groups excluding tert-OH is 1. The number of allylic oxidation sites excluding steroid dienone is 1. The maximum absolute atomic E-state index is 14.0. The number of rotatable bonds is 8. The molecule has 3 aliphatic rings. The highest BCUT2D eigenvalue weighted by molar-refractivity contribution is 6.43. The van der Waals surface area contributed by atoms with Gasteiger partial charge in [0, 0.05) is 11.4 Å². The van der Waals surface area contributed by atoms with Crippen molar-refractivity contribution in [2.45, 2.75) is 52.5 Å².